The van der Waals surface area contributed by atoms with Gasteiger partial charge in [-0.25, -0.2) is 0 Å². The van der Waals surface area contributed by atoms with Gasteiger partial charge in [0.1, 0.15) is 6.33 Å². The highest BCUT2D eigenvalue weighted by atomic mass is 32.2. The van der Waals surface area contributed by atoms with E-state index in [1.807, 2.05) is 4.57 Å². The maximum atomic E-state index is 10.5. The van der Waals surface area contributed by atoms with E-state index in [0.717, 1.165) is 19.3 Å². The minimum Gasteiger partial charge on any atom is -0.481 e. The van der Waals surface area contributed by atoms with Crippen LogP contribution < -0.4 is 0 Å². The van der Waals surface area contributed by atoms with Gasteiger partial charge in [0.15, 0.2) is 5.16 Å². The summed E-state index contributed by atoms with van der Waals surface area (Å²) < 4.78 is 7.29. The Bertz CT molecular complexity index is 396. The van der Waals surface area contributed by atoms with Gasteiger partial charge >= 0.3 is 5.97 Å². The molecule has 1 aromatic heterocycles. The molecule has 1 saturated carbocycles. The lowest BCUT2D eigenvalue weighted by Gasteiger charge is -2.13. The van der Waals surface area contributed by atoms with E-state index < -0.39 is 5.97 Å². The van der Waals surface area contributed by atoms with E-state index in [2.05, 4.69) is 10.2 Å². The quantitative estimate of drug-likeness (QED) is 0.798. The first kappa shape index (κ1) is 12.4. The van der Waals surface area contributed by atoms with Crippen LogP contribution in [0.5, 0.6) is 0 Å². The highest BCUT2D eigenvalue weighted by molar-refractivity contribution is 7.99. The van der Waals surface area contributed by atoms with Crippen LogP contribution in [-0.2, 0) is 9.53 Å². The molecule has 7 heteroatoms. The molecule has 1 N–H and O–H groups in total. The maximum Gasteiger partial charge on any atom is 0.313 e. The number of hydrogen-bond donors (Lipinski definition) is 1. The fourth-order valence-corrected chi connectivity index (χ4v) is 2.80. The van der Waals surface area contributed by atoms with Crippen molar-refractivity contribution in [3.8, 4) is 0 Å². The second kappa shape index (κ2) is 5.50. The molecule has 94 valence electrons. The lowest BCUT2D eigenvalue weighted by molar-refractivity contribution is -0.133. The number of carboxylic acids is 1. The Labute approximate surface area is 103 Å². The molecule has 2 rings (SSSR count). The van der Waals surface area contributed by atoms with Crippen molar-refractivity contribution in [1.82, 2.24) is 14.8 Å². The van der Waals surface area contributed by atoms with Gasteiger partial charge in [0.25, 0.3) is 0 Å². The summed E-state index contributed by atoms with van der Waals surface area (Å²) in [6.45, 7) is 0. The Balaban J connectivity index is 2.01. The summed E-state index contributed by atoms with van der Waals surface area (Å²) in [5, 5.41) is 17.1. The third kappa shape index (κ3) is 2.98. The molecule has 2 unspecified atom stereocenters. The third-order valence-corrected chi connectivity index (χ3v) is 3.89. The van der Waals surface area contributed by atoms with Crippen molar-refractivity contribution in [2.45, 2.75) is 36.6 Å². The lowest BCUT2D eigenvalue weighted by Crippen LogP contribution is -2.10. The first-order chi connectivity index (χ1) is 8.20. The molecule has 1 fully saturated rings. The summed E-state index contributed by atoms with van der Waals surface area (Å²) in [6.07, 6.45) is 4.96. The standard InChI is InChI=1S/C10H15N3O3S/c1-16-8-3-2-7(4-8)13-6-11-12-10(13)17-5-9(14)15/h6-8H,2-5H2,1H3,(H,14,15). The van der Waals surface area contributed by atoms with Gasteiger partial charge in [-0.1, -0.05) is 11.8 Å². The Hall–Kier alpha value is -1.08. The summed E-state index contributed by atoms with van der Waals surface area (Å²) in [5.41, 5.74) is 0. The van der Waals surface area contributed by atoms with Gasteiger partial charge in [-0.05, 0) is 19.3 Å². The topological polar surface area (TPSA) is 77.2 Å². The van der Waals surface area contributed by atoms with Crippen LogP contribution in [0.4, 0.5) is 0 Å². The van der Waals surface area contributed by atoms with E-state index in [1.165, 1.54) is 11.8 Å². The van der Waals surface area contributed by atoms with Gasteiger partial charge in [0, 0.05) is 13.2 Å². The van der Waals surface area contributed by atoms with Crippen LogP contribution in [0.15, 0.2) is 11.5 Å². The Kier molecular flexibility index (Phi) is 4.01. The number of hydrogen-bond acceptors (Lipinski definition) is 5. The van der Waals surface area contributed by atoms with E-state index in [-0.39, 0.29) is 5.75 Å². The second-order valence-corrected chi connectivity index (χ2v) is 4.97. The lowest BCUT2D eigenvalue weighted by atomic mass is 10.2. The van der Waals surface area contributed by atoms with Crippen molar-refractivity contribution in [1.29, 1.82) is 0 Å². The van der Waals surface area contributed by atoms with E-state index in [9.17, 15) is 4.79 Å². The summed E-state index contributed by atoms with van der Waals surface area (Å²) in [7, 11) is 1.72. The minimum atomic E-state index is -0.842. The molecule has 1 aromatic rings. The predicted octanol–water partition coefficient (Wildman–Crippen LogP) is 1.19. The minimum absolute atomic E-state index is 0.0130. The predicted molar refractivity (Wildman–Crippen MR) is 62.1 cm³/mol. The summed E-state index contributed by atoms with van der Waals surface area (Å²) in [6, 6.07) is 0.325. The van der Waals surface area contributed by atoms with Crippen LogP contribution in [0, 0.1) is 0 Å². The van der Waals surface area contributed by atoms with Gasteiger partial charge in [-0.3, -0.25) is 4.79 Å². The third-order valence-electron chi connectivity index (χ3n) is 2.95. The fourth-order valence-electron chi connectivity index (χ4n) is 2.10. The number of rotatable bonds is 5. The first-order valence-electron chi connectivity index (χ1n) is 5.47. The van der Waals surface area contributed by atoms with Crippen LogP contribution >= 0.6 is 11.8 Å². The first-order valence-corrected chi connectivity index (χ1v) is 6.46. The molecule has 1 heterocycles. The van der Waals surface area contributed by atoms with Crippen molar-refractivity contribution >= 4 is 17.7 Å². The number of ether oxygens (including phenoxy) is 1. The maximum absolute atomic E-state index is 10.5. The second-order valence-electron chi connectivity index (χ2n) is 4.03. The number of carboxylic acid groups (broad SMARTS) is 1. The number of aromatic nitrogens is 3. The Morgan fingerprint density at radius 2 is 2.53 bits per heavy atom. The number of aliphatic carboxylic acids is 1. The Morgan fingerprint density at radius 3 is 3.18 bits per heavy atom. The molecular formula is C10H15N3O3S. The van der Waals surface area contributed by atoms with Crippen LogP contribution in [0.25, 0.3) is 0 Å². The molecule has 6 nitrogen and oxygen atoms in total. The molecule has 17 heavy (non-hydrogen) atoms. The van der Waals surface area contributed by atoms with Crippen molar-refractivity contribution in [3.63, 3.8) is 0 Å². The van der Waals surface area contributed by atoms with Gasteiger partial charge in [-0.2, -0.15) is 0 Å². The van der Waals surface area contributed by atoms with Crippen molar-refractivity contribution in [3.05, 3.63) is 6.33 Å². The average molecular weight is 257 g/mol. The molecule has 0 radical (unpaired) electrons. The fraction of sp³-hybridized carbons (Fsp3) is 0.700. The molecule has 0 aliphatic heterocycles. The molecule has 1 aliphatic carbocycles. The van der Waals surface area contributed by atoms with Crippen molar-refractivity contribution < 1.29 is 14.6 Å². The average Bonchev–Trinajstić information content (AvgIpc) is 2.94. The van der Waals surface area contributed by atoms with Crippen LogP contribution in [-0.4, -0.2) is 44.8 Å². The van der Waals surface area contributed by atoms with Gasteiger partial charge in [-0.15, -0.1) is 10.2 Å². The zero-order chi connectivity index (χ0) is 12.3. The van der Waals surface area contributed by atoms with Crippen LogP contribution in [0.3, 0.4) is 0 Å². The molecule has 0 saturated heterocycles. The summed E-state index contributed by atoms with van der Waals surface area (Å²) in [5.74, 6) is -0.829. The summed E-state index contributed by atoms with van der Waals surface area (Å²) in [4.78, 5) is 10.5. The van der Waals surface area contributed by atoms with E-state index in [4.69, 9.17) is 9.84 Å². The van der Waals surface area contributed by atoms with Crippen LogP contribution in [0.1, 0.15) is 25.3 Å². The molecule has 0 amide bonds. The van der Waals surface area contributed by atoms with Crippen molar-refractivity contribution in [2.75, 3.05) is 12.9 Å². The van der Waals surface area contributed by atoms with Gasteiger partial charge < -0.3 is 14.4 Å². The zero-order valence-corrected chi connectivity index (χ0v) is 10.4. The molecule has 0 aromatic carbocycles. The SMILES string of the molecule is COC1CCC(n2cnnc2SCC(=O)O)C1. The van der Waals surface area contributed by atoms with Crippen molar-refractivity contribution in [2.24, 2.45) is 0 Å². The molecule has 2 atom stereocenters. The Morgan fingerprint density at radius 1 is 1.71 bits per heavy atom. The number of methoxy groups -OCH3 is 1. The molecule has 0 bridgehead atoms. The van der Waals surface area contributed by atoms with E-state index in [1.54, 1.807) is 13.4 Å². The zero-order valence-electron chi connectivity index (χ0n) is 9.57. The van der Waals surface area contributed by atoms with Crippen LogP contribution in [0.2, 0.25) is 0 Å². The van der Waals surface area contributed by atoms with E-state index >= 15 is 0 Å². The normalized spacial score (nSPS) is 24.1. The van der Waals surface area contributed by atoms with Gasteiger partial charge in [0.2, 0.25) is 0 Å². The summed E-state index contributed by atoms with van der Waals surface area (Å²) >= 11 is 1.21. The smallest absolute Gasteiger partial charge is 0.313 e. The number of thioether (sulfide) groups is 1. The number of carbonyl (C=O) groups is 1. The highest BCUT2D eigenvalue weighted by Gasteiger charge is 2.27. The molecule has 1 aliphatic rings. The molecular weight excluding hydrogens is 242 g/mol. The number of nitrogens with zero attached hydrogens (tertiary/aromatic N) is 3. The molecule has 0 spiro atoms. The monoisotopic (exact) mass is 257 g/mol. The largest absolute Gasteiger partial charge is 0.481 e. The highest BCUT2D eigenvalue weighted by Crippen LogP contribution is 2.33. The van der Waals surface area contributed by atoms with E-state index in [0.29, 0.717) is 17.3 Å². The van der Waals surface area contributed by atoms with Gasteiger partial charge in [0.05, 0.1) is 11.9 Å².